The molecule has 1 saturated heterocycles. The highest BCUT2D eigenvalue weighted by molar-refractivity contribution is 15.0. The Morgan fingerprint density at radius 2 is 1.05 bits per heavy atom. The summed E-state index contributed by atoms with van der Waals surface area (Å²) < 4.78 is 26.7. The van der Waals surface area contributed by atoms with Crippen molar-refractivity contribution < 1.29 is 52.7 Å². The van der Waals surface area contributed by atoms with Crippen LogP contribution in [0.25, 0.3) is 0 Å². The minimum atomic E-state index is -0.811. The van der Waals surface area contributed by atoms with Crippen LogP contribution in [0.5, 0.6) is 0 Å². The zero-order chi connectivity index (χ0) is 58.2. The van der Waals surface area contributed by atoms with Crippen LogP contribution in [0.1, 0.15) is 94.2 Å². The van der Waals surface area contributed by atoms with E-state index >= 15 is 0 Å². The number of hydrogen-bond acceptors (Lipinski definition) is 16. The van der Waals surface area contributed by atoms with Crippen LogP contribution in [0.3, 0.4) is 0 Å². The Morgan fingerprint density at radius 1 is 0.671 bits per heavy atom. The van der Waals surface area contributed by atoms with Crippen molar-refractivity contribution in [2.45, 2.75) is 107 Å². The number of pyridine rings is 2. The number of amides is 4. The monoisotopic (exact) mass is 1520 g/mol. The van der Waals surface area contributed by atoms with Gasteiger partial charge in [-0.3, -0.25) is 39.8 Å². The van der Waals surface area contributed by atoms with Gasteiger partial charge < -0.3 is 29.4 Å². The normalized spacial score (nSPS) is 11.3. The Labute approximate surface area is 511 Å². The van der Waals surface area contributed by atoms with Gasteiger partial charge in [0.25, 0.3) is 0 Å². The standard InChI is InChI=1S/C23H26Br2N4O6.C23H28BrN5O6.C4H8O.2CH4.I2/c2*1-6-11-27(22(31)35-23(3,4)5)16-10-8-9-15(12-16)14-28(21(30)34-7-2)17-13-18(24)26-20(25)19(17)29(32)33;1-2-4-5-3-1;;;1-2/h6,8-10,12-13H,1,7,11,14H2,2-5H3;6,8-10,12-13H,1,7,11,14H2,2-5H3,(H2,25,26);1-4H2;2*1H4;. The quantitative estimate of drug-likeness (QED) is 0.0273. The van der Waals surface area contributed by atoms with Gasteiger partial charge in [-0.2, -0.15) is 0 Å². The van der Waals surface area contributed by atoms with Crippen LogP contribution < -0.4 is 25.3 Å². The summed E-state index contributed by atoms with van der Waals surface area (Å²) in [4.78, 5) is 86.3. The molecule has 27 heteroatoms. The van der Waals surface area contributed by atoms with Crippen LogP contribution in [0.4, 0.5) is 59.1 Å². The molecular formula is C52H70Br3I2N9O13. The summed E-state index contributed by atoms with van der Waals surface area (Å²) in [6.07, 6.45) is 2.96. The maximum atomic E-state index is 12.9. The minimum Gasteiger partial charge on any atom is -0.449 e. The van der Waals surface area contributed by atoms with E-state index in [-0.39, 0.29) is 90.9 Å². The number of hydrogen-bond donors (Lipinski definition) is 1. The molecule has 22 nitrogen and oxygen atoms in total. The van der Waals surface area contributed by atoms with Crippen molar-refractivity contribution in [3.05, 3.63) is 131 Å². The molecule has 1 fully saturated rings. The lowest BCUT2D eigenvalue weighted by molar-refractivity contribution is -0.385. The number of nitro groups is 2. The van der Waals surface area contributed by atoms with Gasteiger partial charge in [0, 0.05) is 87.0 Å². The van der Waals surface area contributed by atoms with Gasteiger partial charge in [-0.1, -0.05) is 51.3 Å². The summed E-state index contributed by atoms with van der Waals surface area (Å²) in [6.45, 7) is 23.5. The predicted octanol–water partition coefficient (Wildman–Crippen LogP) is 15.9. The van der Waals surface area contributed by atoms with Gasteiger partial charge >= 0.3 is 35.7 Å². The van der Waals surface area contributed by atoms with Crippen LogP contribution in [-0.4, -0.2) is 94.9 Å². The van der Waals surface area contributed by atoms with E-state index in [1.807, 2.05) is 0 Å². The number of carbonyl (C=O) groups excluding carboxylic acids is 4. The molecule has 3 heterocycles. The van der Waals surface area contributed by atoms with E-state index < -0.39 is 51.1 Å². The molecule has 0 spiro atoms. The van der Waals surface area contributed by atoms with Crippen molar-refractivity contribution in [3.8, 4) is 0 Å². The summed E-state index contributed by atoms with van der Waals surface area (Å²) in [5.74, 6) is -0.357. The number of ether oxygens (including phenoxy) is 5. The summed E-state index contributed by atoms with van der Waals surface area (Å²) in [5.41, 5.74) is 5.51. The smallest absolute Gasteiger partial charge is 0.415 e. The maximum Gasteiger partial charge on any atom is 0.415 e. The molecule has 5 rings (SSSR count). The Morgan fingerprint density at radius 3 is 1.38 bits per heavy atom. The second kappa shape index (κ2) is 36.2. The number of nitrogens with two attached hydrogens (primary N) is 1. The molecule has 2 aromatic heterocycles. The Hall–Kier alpha value is -5.24. The van der Waals surface area contributed by atoms with E-state index in [0.29, 0.717) is 22.5 Å². The summed E-state index contributed by atoms with van der Waals surface area (Å²) in [5, 5.41) is 23.5. The average Bonchev–Trinajstić information content (AvgIpc) is 3.94. The zero-order valence-corrected chi connectivity index (χ0v) is 52.8. The van der Waals surface area contributed by atoms with Crippen LogP contribution in [0, 0.1) is 20.2 Å². The van der Waals surface area contributed by atoms with E-state index in [0.717, 1.165) is 23.0 Å². The molecule has 2 aromatic carbocycles. The molecule has 436 valence electrons. The van der Waals surface area contributed by atoms with Gasteiger partial charge in [0.2, 0.25) is 5.82 Å². The molecule has 1 aliphatic heterocycles. The number of aromatic nitrogens is 2. The van der Waals surface area contributed by atoms with E-state index in [1.165, 1.54) is 34.8 Å². The third kappa shape index (κ3) is 24.6. The molecule has 0 bridgehead atoms. The topological polar surface area (TPSA) is 265 Å². The first kappa shape index (κ1) is 73.8. The molecule has 79 heavy (non-hydrogen) atoms. The molecule has 0 radical (unpaired) electrons. The van der Waals surface area contributed by atoms with Gasteiger partial charge in [0.05, 0.1) is 36.1 Å². The second-order valence-corrected chi connectivity index (χ2v) is 20.2. The molecule has 4 amide bonds. The number of anilines is 5. The minimum absolute atomic E-state index is 0. The molecule has 0 unspecified atom stereocenters. The van der Waals surface area contributed by atoms with Gasteiger partial charge in [-0.05, 0) is 151 Å². The zero-order valence-electron chi connectivity index (χ0n) is 43.8. The molecule has 0 atom stereocenters. The Kier molecular flexibility index (Phi) is 33.8. The lowest BCUT2D eigenvalue weighted by Gasteiger charge is -2.27. The SMILES string of the molecule is C.C.C1CCOC1.C=CCN(C(=O)OC(C)(C)C)c1cccc(CN(C(=O)OCC)c2cc(Br)nc(Br)c2[N+](=O)[O-])c1.C=CCN(C(=O)OC(C)(C)C)c1cccc(CN(C(=O)OCC)c2cc(Br)nc(N)c2[N+](=O)[O-])c1.II. The molecule has 4 aromatic rings. The molecular weight excluding hydrogens is 1450 g/mol. The van der Waals surface area contributed by atoms with Gasteiger partial charge in [0.1, 0.15) is 31.8 Å². The van der Waals surface area contributed by atoms with Crippen molar-refractivity contribution in [1.29, 1.82) is 0 Å². The van der Waals surface area contributed by atoms with Gasteiger partial charge in [0.15, 0.2) is 4.60 Å². The van der Waals surface area contributed by atoms with Crippen LogP contribution in [0.2, 0.25) is 0 Å². The molecule has 0 aliphatic carbocycles. The lowest BCUT2D eigenvalue weighted by atomic mass is 10.1. The van der Waals surface area contributed by atoms with Crippen molar-refractivity contribution in [2.24, 2.45) is 0 Å². The lowest BCUT2D eigenvalue weighted by Crippen LogP contribution is -2.37. The van der Waals surface area contributed by atoms with Gasteiger partial charge in [-0.15, -0.1) is 13.2 Å². The number of nitrogen functional groups attached to an aromatic ring is 1. The van der Waals surface area contributed by atoms with Crippen molar-refractivity contribution in [1.82, 2.24) is 9.97 Å². The van der Waals surface area contributed by atoms with Gasteiger partial charge in [-0.25, -0.2) is 29.1 Å². The number of nitrogens with zero attached hydrogens (tertiary/aromatic N) is 8. The largest absolute Gasteiger partial charge is 0.449 e. The first-order valence-electron chi connectivity index (χ1n) is 23.4. The van der Waals surface area contributed by atoms with Crippen molar-refractivity contribution in [3.63, 3.8) is 0 Å². The number of carbonyl (C=O) groups is 4. The first-order chi connectivity index (χ1) is 36.2. The van der Waals surface area contributed by atoms with Crippen molar-refractivity contribution in [2.75, 3.05) is 64.9 Å². The highest BCUT2D eigenvalue weighted by atomic mass is 128. The van der Waals surface area contributed by atoms with E-state index in [1.54, 1.807) is 116 Å². The van der Waals surface area contributed by atoms with E-state index in [4.69, 9.17) is 29.4 Å². The highest BCUT2D eigenvalue weighted by Crippen LogP contribution is 2.39. The Bertz CT molecular complexity index is 2510. The summed E-state index contributed by atoms with van der Waals surface area (Å²) in [6, 6.07) is 16.3. The maximum absolute atomic E-state index is 12.9. The average molecular weight is 1520 g/mol. The van der Waals surface area contributed by atoms with E-state index in [9.17, 15) is 39.4 Å². The van der Waals surface area contributed by atoms with Crippen LogP contribution >= 0.6 is 85.0 Å². The fraction of sp³-hybridized carbons (Fsp3) is 0.423. The van der Waals surface area contributed by atoms with Crippen LogP contribution in [0.15, 0.2) is 99.8 Å². The fourth-order valence-corrected chi connectivity index (χ4v) is 8.21. The number of halogens is 5. The number of benzene rings is 2. The third-order valence-electron chi connectivity index (χ3n) is 9.59. The number of rotatable bonds is 16. The first-order valence-corrected chi connectivity index (χ1v) is 32.0. The second-order valence-electron chi connectivity index (χ2n) is 17.8. The fourth-order valence-electron chi connectivity index (χ4n) is 6.63. The molecule has 1 aliphatic rings. The highest BCUT2D eigenvalue weighted by Gasteiger charge is 2.33. The summed E-state index contributed by atoms with van der Waals surface area (Å²) >= 11 is 13.7. The van der Waals surface area contributed by atoms with Crippen molar-refractivity contribution >= 4 is 149 Å². The van der Waals surface area contributed by atoms with E-state index in [2.05, 4.69) is 108 Å². The molecule has 0 saturated carbocycles. The van der Waals surface area contributed by atoms with Crippen LogP contribution in [-0.2, 0) is 36.8 Å². The Balaban J connectivity index is 0.00000134. The third-order valence-corrected chi connectivity index (χ3v) is 11.0. The predicted molar refractivity (Wildman–Crippen MR) is 338 cm³/mol. The molecule has 2 N–H and O–H groups in total. The summed E-state index contributed by atoms with van der Waals surface area (Å²) in [7, 11) is 0.